The van der Waals surface area contributed by atoms with Crippen LogP contribution in [0.1, 0.15) is 27.7 Å². The number of hydrogen-bond acceptors (Lipinski definition) is 6. The van der Waals surface area contributed by atoms with Crippen LogP contribution >= 0.6 is 19.3 Å². The summed E-state index contributed by atoms with van der Waals surface area (Å²) in [7, 11) is -2.15. The molecule has 27 heavy (non-hydrogen) atoms. The highest BCUT2D eigenvalue weighted by atomic mass is 35.5. The topological polar surface area (TPSA) is 83.1 Å². The molecule has 5 atom stereocenters. The van der Waals surface area contributed by atoms with Crippen molar-refractivity contribution in [1.82, 2.24) is 5.09 Å². The molecule has 1 aromatic rings. The van der Waals surface area contributed by atoms with Gasteiger partial charge >= 0.3 is 13.7 Å². The Morgan fingerprint density at radius 1 is 1.37 bits per heavy atom. The highest BCUT2D eigenvalue weighted by Crippen LogP contribution is 2.50. The number of esters is 1. The summed E-state index contributed by atoms with van der Waals surface area (Å²) in [6, 6.07) is 7.36. The molecular formula is C17H26BClNO6P. The molecule has 0 radical (unpaired) electrons. The second kappa shape index (κ2) is 8.97. The van der Waals surface area contributed by atoms with Crippen LogP contribution < -0.4 is 9.61 Å². The average molecular weight is 418 g/mol. The quantitative estimate of drug-likeness (QED) is 0.301. The molecule has 0 amide bonds. The highest BCUT2D eigenvalue weighted by Gasteiger charge is 2.49. The van der Waals surface area contributed by atoms with Gasteiger partial charge in [0.15, 0.2) is 0 Å². The van der Waals surface area contributed by atoms with Crippen molar-refractivity contribution < 1.29 is 27.9 Å². The number of para-hydroxylation sites is 1. The molecule has 0 aliphatic carbocycles. The van der Waals surface area contributed by atoms with Crippen molar-refractivity contribution in [3.63, 3.8) is 0 Å². The fraction of sp³-hybridized carbons (Fsp3) is 0.588. The van der Waals surface area contributed by atoms with Crippen LogP contribution in [0.2, 0.25) is 0 Å². The predicted molar refractivity (Wildman–Crippen MR) is 106 cm³/mol. The maximum absolute atomic E-state index is 13.5. The first-order valence-corrected chi connectivity index (χ1v) is 10.8. The molecule has 1 aliphatic heterocycles. The number of carbonyl (C=O) groups excluding carboxylic acids is 1. The summed E-state index contributed by atoms with van der Waals surface area (Å²) in [6.07, 6.45) is -0.989. The first-order chi connectivity index (χ1) is 12.5. The van der Waals surface area contributed by atoms with Gasteiger partial charge in [0, 0.05) is 6.00 Å². The highest BCUT2D eigenvalue weighted by molar-refractivity contribution is 7.52. The molecule has 0 saturated carbocycles. The third-order valence-corrected chi connectivity index (χ3v) is 6.45. The Morgan fingerprint density at radius 2 is 2.00 bits per heavy atom. The molecule has 0 spiro atoms. The number of carbonyl (C=O) groups is 1. The second-order valence-corrected chi connectivity index (χ2v) is 9.42. The Balaban J connectivity index is 2.20. The SMILES string of the molecule is B[C@@H]1OC[C@@H](OP(=O)(N[C@@H](C)C(=O)OC(C)C)Oc2ccccc2)[C@@]1(C)Cl. The van der Waals surface area contributed by atoms with Gasteiger partial charge in [-0.15, -0.1) is 11.6 Å². The molecule has 1 fully saturated rings. The zero-order valence-electron chi connectivity index (χ0n) is 16.2. The summed E-state index contributed by atoms with van der Waals surface area (Å²) in [5, 5.41) is 2.65. The molecule has 7 nitrogen and oxygen atoms in total. The van der Waals surface area contributed by atoms with E-state index < -0.39 is 30.7 Å². The van der Waals surface area contributed by atoms with Gasteiger partial charge in [-0.1, -0.05) is 18.2 Å². The van der Waals surface area contributed by atoms with Gasteiger partial charge in [-0.3, -0.25) is 9.32 Å². The van der Waals surface area contributed by atoms with Crippen LogP contribution in [0.15, 0.2) is 30.3 Å². The fourth-order valence-electron chi connectivity index (χ4n) is 2.44. The van der Waals surface area contributed by atoms with E-state index in [9.17, 15) is 9.36 Å². The van der Waals surface area contributed by atoms with Crippen LogP contribution in [0.3, 0.4) is 0 Å². The number of alkyl halides is 1. The lowest BCUT2D eigenvalue weighted by molar-refractivity contribution is -0.149. The molecule has 1 aliphatic rings. The van der Waals surface area contributed by atoms with Gasteiger partial charge in [0.1, 0.15) is 25.7 Å². The fourth-order valence-corrected chi connectivity index (χ4v) is 4.43. The maximum Gasteiger partial charge on any atom is 0.459 e. The van der Waals surface area contributed by atoms with E-state index in [1.54, 1.807) is 51.1 Å². The van der Waals surface area contributed by atoms with Gasteiger partial charge in [0.05, 0.1) is 17.6 Å². The van der Waals surface area contributed by atoms with E-state index >= 15 is 0 Å². The maximum atomic E-state index is 13.5. The third-order valence-electron chi connectivity index (χ3n) is 4.21. The van der Waals surface area contributed by atoms with Crippen LogP contribution in [-0.4, -0.2) is 49.5 Å². The van der Waals surface area contributed by atoms with Gasteiger partial charge in [-0.05, 0) is 39.8 Å². The number of nitrogens with one attached hydrogen (secondary N) is 1. The molecule has 1 unspecified atom stereocenters. The molecule has 2 rings (SSSR count). The Labute approximate surface area is 166 Å². The van der Waals surface area contributed by atoms with Crippen molar-refractivity contribution in [2.75, 3.05) is 6.61 Å². The largest absolute Gasteiger partial charge is 0.462 e. The normalized spacial score (nSPS) is 28.5. The molecule has 1 saturated heterocycles. The molecule has 0 bridgehead atoms. The van der Waals surface area contributed by atoms with Crippen LogP contribution in [0.5, 0.6) is 5.75 Å². The van der Waals surface area contributed by atoms with Crippen LogP contribution in [0, 0.1) is 0 Å². The monoisotopic (exact) mass is 417 g/mol. The van der Waals surface area contributed by atoms with E-state index in [0.29, 0.717) is 5.75 Å². The molecule has 150 valence electrons. The summed E-state index contributed by atoms with van der Waals surface area (Å²) in [5.74, 6) is -0.226. The van der Waals surface area contributed by atoms with Crippen molar-refractivity contribution in [2.24, 2.45) is 0 Å². The minimum atomic E-state index is -3.97. The van der Waals surface area contributed by atoms with Crippen molar-refractivity contribution in [1.29, 1.82) is 0 Å². The number of ether oxygens (including phenoxy) is 2. The zero-order chi connectivity index (χ0) is 20.2. The summed E-state index contributed by atoms with van der Waals surface area (Å²) in [4.78, 5) is 11.2. The van der Waals surface area contributed by atoms with Crippen molar-refractivity contribution in [3.8, 4) is 5.75 Å². The number of rotatable bonds is 8. The van der Waals surface area contributed by atoms with Gasteiger partial charge in [0.2, 0.25) is 0 Å². The summed E-state index contributed by atoms with van der Waals surface area (Å²) >= 11 is 6.51. The number of benzene rings is 1. The lowest BCUT2D eigenvalue weighted by Crippen LogP contribution is -2.42. The van der Waals surface area contributed by atoms with Crippen molar-refractivity contribution in [3.05, 3.63) is 30.3 Å². The van der Waals surface area contributed by atoms with E-state index in [1.165, 1.54) is 6.92 Å². The lowest BCUT2D eigenvalue weighted by Gasteiger charge is -2.30. The standard InChI is InChI=1S/C17H26BClNO6P/c1-11(2)24-15(21)12(3)20-27(22,25-13-8-6-5-7-9-13)26-14-10-23-16(18)17(14,4)19/h5-9,11-12,14,16H,10,18H2,1-4H3,(H,20,22)/t12-,14+,16+,17+,27?/m0/s1. The minimum absolute atomic E-state index is 0.163. The van der Waals surface area contributed by atoms with Crippen LogP contribution in [0.4, 0.5) is 0 Å². The van der Waals surface area contributed by atoms with E-state index in [1.807, 2.05) is 7.85 Å². The number of hydrogen-bond donors (Lipinski definition) is 1. The third kappa shape index (κ3) is 5.96. The van der Waals surface area contributed by atoms with E-state index in [0.717, 1.165) is 0 Å². The van der Waals surface area contributed by atoms with Crippen LogP contribution in [-0.2, 0) is 23.4 Å². The Bertz CT molecular complexity index is 689. The first-order valence-electron chi connectivity index (χ1n) is 8.85. The Morgan fingerprint density at radius 3 is 2.52 bits per heavy atom. The van der Waals surface area contributed by atoms with Gasteiger partial charge in [-0.25, -0.2) is 4.57 Å². The lowest BCUT2D eigenvalue weighted by atomic mass is 9.86. The van der Waals surface area contributed by atoms with Gasteiger partial charge in [-0.2, -0.15) is 5.09 Å². The molecule has 10 heteroatoms. The molecular weight excluding hydrogens is 391 g/mol. The Hall–Kier alpha value is -1.05. The molecule has 1 aromatic carbocycles. The van der Waals surface area contributed by atoms with Crippen LogP contribution in [0.25, 0.3) is 0 Å². The van der Waals surface area contributed by atoms with E-state index in [2.05, 4.69) is 5.09 Å². The van der Waals surface area contributed by atoms with Crippen molar-refractivity contribution in [2.45, 2.75) is 56.8 Å². The van der Waals surface area contributed by atoms with E-state index in [4.69, 9.17) is 30.1 Å². The molecule has 1 N–H and O–H groups in total. The molecule has 1 heterocycles. The summed E-state index contributed by atoms with van der Waals surface area (Å²) in [5.41, 5.74) is 0. The number of halogens is 1. The summed E-state index contributed by atoms with van der Waals surface area (Å²) in [6.45, 7) is 6.91. The second-order valence-electron chi connectivity index (χ2n) is 6.96. The minimum Gasteiger partial charge on any atom is -0.462 e. The van der Waals surface area contributed by atoms with Gasteiger partial charge < -0.3 is 14.0 Å². The average Bonchev–Trinajstić information content (AvgIpc) is 2.81. The smallest absolute Gasteiger partial charge is 0.459 e. The molecule has 0 aromatic heterocycles. The first kappa shape index (κ1) is 22.2. The van der Waals surface area contributed by atoms with Gasteiger partial charge in [0.25, 0.3) is 0 Å². The summed E-state index contributed by atoms with van der Waals surface area (Å²) < 4.78 is 35.5. The predicted octanol–water partition coefficient (Wildman–Crippen LogP) is 2.48. The zero-order valence-corrected chi connectivity index (χ0v) is 17.8. The van der Waals surface area contributed by atoms with E-state index in [-0.39, 0.29) is 18.7 Å². The van der Waals surface area contributed by atoms with Crippen molar-refractivity contribution >= 4 is 33.2 Å². The Kier molecular flexibility index (Phi) is 7.39.